The van der Waals surface area contributed by atoms with Gasteiger partial charge in [-0.3, -0.25) is 20.4 Å². The molecule has 0 atom stereocenters. The van der Waals surface area contributed by atoms with E-state index in [-0.39, 0.29) is 12.1 Å². The van der Waals surface area contributed by atoms with E-state index in [1.165, 1.54) is 26.4 Å². The van der Waals surface area contributed by atoms with E-state index in [0.717, 1.165) is 15.9 Å². The number of tetrazole rings is 1. The number of carbonyl (C=O) groups excluding carboxylic acids is 3. The summed E-state index contributed by atoms with van der Waals surface area (Å²) in [4.78, 5) is 37.1. The minimum absolute atomic E-state index is 0.228. The van der Waals surface area contributed by atoms with Crippen molar-refractivity contribution < 1.29 is 28.6 Å². The molecule has 0 fully saturated rings. The van der Waals surface area contributed by atoms with Crippen LogP contribution in [0.3, 0.4) is 0 Å². The molecule has 2 aromatic carbocycles. The van der Waals surface area contributed by atoms with Gasteiger partial charge < -0.3 is 14.2 Å². The van der Waals surface area contributed by atoms with Crippen molar-refractivity contribution in [2.24, 2.45) is 0 Å². The third-order valence-electron chi connectivity index (χ3n) is 4.36. The first-order valence-electron chi connectivity index (χ1n) is 9.71. The van der Waals surface area contributed by atoms with Gasteiger partial charge in [-0.15, -0.1) is 10.2 Å². The summed E-state index contributed by atoms with van der Waals surface area (Å²) in [5.74, 6) is -0.895. The van der Waals surface area contributed by atoms with Crippen LogP contribution in [0.15, 0.2) is 42.5 Å². The molecule has 3 aromatic rings. The molecule has 1 aromatic heterocycles. The van der Waals surface area contributed by atoms with Gasteiger partial charge in [0.1, 0.15) is 0 Å². The van der Waals surface area contributed by atoms with Crippen LogP contribution in [-0.4, -0.2) is 58.8 Å². The monoisotopic (exact) mass is 454 g/mol. The van der Waals surface area contributed by atoms with Crippen LogP contribution in [-0.2, 0) is 20.9 Å². The van der Waals surface area contributed by atoms with Crippen molar-refractivity contribution in [1.82, 2.24) is 31.1 Å². The highest BCUT2D eigenvalue weighted by Crippen LogP contribution is 2.27. The maximum atomic E-state index is 12.2. The Morgan fingerprint density at radius 1 is 0.970 bits per heavy atom. The van der Waals surface area contributed by atoms with Crippen LogP contribution in [0.4, 0.5) is 0 Å². The summed E-state index contributed by atoms with van der Waals surface area (Å²) in [7, 11) is 2.91. The Kier molecular flexibility index (Phi) is 7.52. The highest BCUT2D eigenvalue weighted by Gasteiger charge is 2.14. The number of amides is 2. The van der Waals surface area contributed by atoms with Crippen LogP contribution in [0.2, 0.25) is 0 Å². The summed E-state index contributed by atoms with van der Waals surface area (Å²) in [5.41, 5.74) is 6.45. The van der Waals surface area contributed by atoms with Crippen molar-refractivity contribution in [2.75, 3.05) is 20.8 Å². The van der Waals surface area contributed by atoms with Gasteiger partial charge in [-0.1, -0.05) is 29.8 Å². The maximum absolute atomic E-state index is 12.2. The van der Waals surface area contributed by atoms with Gasteiger partial charge in [-0.25, -0.2) is 4.79 Å². The molecule has 0 aliphatic rings. The number of benzene rings is 2. The number of hydrazine groups is 1. The Hall–Kier alpha value is -4.48. The molecule has 12 heteroatoms. The first kappa shape index (κ1) is 23.2. The molecule has 12 nitrogen and oxygen atoms in total. The maximum Gasteiger partial charge on any atom is 0.330 e. The van der Waals surface area contributed by atoms with Crippen molar-refractivity contribution in [3.63, 3.8) is 0 Å². The molecule has 1 heterocycles. The van der Waals surface area contributed by atoms with E-state index in [9.17, 15) is 14.4 Å². The van der Waals surface area contributed by atoms with Crippen molar-refractivity contribution >= 4 is 17.8 Å². The molecule has 172 valence electrons. The molecular weight excluding hydrogens is 432 g/mol. The minimum Gasteiger partial charge on any atom is -0.493 e. The van der Waals surface area contributed by atoms with E-state index in [0.29, 0.717) is 17.3 Å². The van der Waals surface area contributed by atoms with E-state index in [2.05, 4.69) is 26.3 Å². The van der Waals surface area contributed by atoms with Crippen LogP contribution in [0.1, 0.15) is 15.9 Å². The Morgan fingerprint density at radius 3 is 2.39 bits per heavy atom. The molecular formula is C21H22N6O6. The molecule has 0 saturated heterocycles. The summed E-state index contributed by atoms with van der Waals surface area (Å²) in [5, 5.41) is 11.8. The van der Waals surface area contributed by atoms with Crippen molar-refractivity contribution in [3.05, 3.63) is 53.6 Å². The zero-order chi connectivity index (χ0) is 23.8. The smallest absolute Gasteiger partial charge is 0.330 e. The molecule has 33 heavy (non-hydrogen) atoms. The standard InChI is InChI=1S/C21H22N6O6/c1-13-4-6-14(7-5-13)20-23-26-27(25-20)11-19(29)33-12-18(28)22-24-21(30)15-8-9-16(31-2)17(10-15)32-3/h4-10H,11-12H2,1-3H3,(H,22,28)(H,24,30). The number of hydrogen-bond donors (Lipinski definition) is 2. The molecule has 0 radical (unpaired) electrons. The predicted molar refractivity (Wildman–Crippen MR) is 114 cm³/mol. The number of nitrogens with zero attached hydrogens (tertiary/aromatic N) is 4. The first-order valence-corrected chi connectivity index (χ1v) is 9.71. The van der Waals surface area contributed by atoms with E-state index in [1.54, 1.807) is 6.07 Å². The topological polar surface area (TPSA) is 147 Å². The SMILES string of the molecule is COc1ccc(C(=O)NNC(=O)COC(=O)Cn2nnc(-c3ccc(C)cc3)n2)cc1OC. The lowest BCUT2D eigenvalue weighted by atomic mass is 10.1. The molecule has 3 rings (SSSR count). The fraction of sp³-hybridized carbons (Fsp3) is 0.238. The lowest BCUT2D eigenvalue weighted by Crippen LogP contribution is -2.43. The lowest BCUT2D eigenvalue weighted by molar-refractivity contribution is -0.149. The number of hydrogen-bond acceptors (Lipinski definition) is 9. The van der Waals surface area contributed by atoms with Crippen molar-refractivity contribution in [1.29, 1.82) is 0 Å². The normalized spacial score (nSPS) is 10.3. The minimum atomic E-state index is -0.746. The third-order valence-corrected chi connectivity index (χ3v) is 4.36. The van der Waals surface area contributed by atoms with Gasteiger partial charge in [0, 0.05) is 11.1 Å². The Bertz CT molecular complexity index is 1140. The molecule has 0 aliphatic carbocycles. The van der Waals surface area contributed by atoms with Gasteiger partial charge in [0.25, 0.3) is 11.8 Å². The Labute approximate surface area is 188 Å². The Morgan fingerprint density at radius 2 is 1.70 bits per heavy atom. The van der Waals surface area contributed by atoms with Gasteiger partial charge in [-0.2, -0.15) is 4.80 Å². The number of methoxy groups -OCH3 is 2. The largest absolute Gasteiger partial charge is 0.493 e. The highest BCUT2D eigenvalue weighted by atomic mass is 16.5. The molecule has 2 amide bonds. The summed E-state index contributed by atoms with van der Waals surface area (Å²) in [6, 6.07) is 12.0. The average molecular weight is 454 g/mol. The molecule has 0 unspecified atom stereocenters. The van der Waals surface area contributed by atoms with E-state index in [1.807, 2.05) is 31.2 Å². The van der Waals surface area contributed by atoms with Crippen molar-refractivity contribution in [2.45, 2.75) is 13.5 Å². The van der Waals surface area contributed by atoms with E-state index < -0.39 is 24.4 Å². The van der Waals surface area contributed by atoms with Gasteiger partial charge in [-0.05, 0) is 30.3 Å². The number of nitrogens with one attached hydrogen (secondary N) is 2. The first-order chi connectivity index (χ1) is 15.9. The summed E-state index contributed by atoms with van der Waals surface area (Å²) in [6.07, 6.45) is 0. The lowest BCUT2D eigenvalue weighted by Gasteiger charge is -2.10. The second-order valence-electron chi connectivity index (χ2n) is 6.74. The Balaban J connectivity index is 1.44. The zero-order valence-corrected chi connectivity index (χ0v) is 18.2. The number of ether oxygens (including phenoxy) is 3. The number of rotatable bonds is 8. The fourth-order valence-electron chi connectivity index (χ4n) is 2.65. The summed E-state index contributed by atoms with van der Waals surface area (Å²) < 4.78 is 15.1. The zero-order valence-electron chi connectivity index (χ0n) is 18.2. The van der Waals surface area contributed by atoms with Crippen molar-refractivity contribution in [3.8, 4) is 22.9 Å². The average Bonchev–Trinajstić information content (AvgIpc) is 3.29. The van der Waals surface area contributed by atoms with Crippen LogP contribution < -0.4 is 20.3 Å². The third kappa shape index (κ3) is 6.26. The van der Waals surface area contributed by atoms with Crippen LogP contribution >= 0.6 is 0 Å². The van der Waals surface area contributed by atoms with Gasteiger partial charge >= 0.3 is 5.97 Å². The number of aryl methyl sites for hydroxylation is 1. The number of aromatic nitrogens is 4. The second kappa shape index (κ2) is 10.7. The predicted octanol–water partition coefficient (Wildman–Crippen LogP) is 0.670. The number of esters is 1. The van der Waals surface area contributed by atoms with Crippen LogP contribution in [0.25, 0.3) is 11.4 Å². The second-order valence-corrected chi connectivity index (χ2v) is 6.74. The van der Waals surface area contributed by atoms with Gasteiger partial charge in [0.05, 0.1) is 14.2 Å². The summed E-state index contributed by atoms with van der Waals surface area (Å²) >= 11 is 0. The number of carbonyl (C=O) groups is 3. The van der Waals surface area contributed by atoms with Gasteiger partial charge in [0.15, 0.2) is 24.7 Å². The molecule has 2 N–H and O–H groups in total. The molecule has 0 aliphatic heterocycles. The molecule has 0 bridgehead atoms. The highest BCUT2D eigenvalue weighted by molar-refractivity contribution is 5.96. The van der Waals surface area contributed by atoms with Crippen LogP contribution in [0, 0.1) is 6.92 Å². The fourth-order valence-corrected chi connectivity index (χ4v) is 2.65. The van der Waals surface area contributed by atoms with E-state index >= 15 is 0 Å². The van der Waals surface area contributed by atoms with Gasteiger partial charge in [0.2, 0.25) is 5.82 Å². The quantitative estimate of drug-likeness (QED) is 0.370. The van der Waals surface area contributed by atoms with E-state index in [4.69, 9.17) is 14.2 Å². The van der Waals surface area contributed by atoms with Crippen LogP contribution in [0.5, 0.6) is 11.5 Å². The molecule has 0 spiro atoms. The molecule has 0 saturated carbocycles. The summed E-state index contributed by atoms with van der Waals surface area (Å²) in [6.45, 7) is 1.02.